The normalized spacial score (nSPS) is 12.6. The van der Waals surface area contributed by atoms with E-state index in [1.54, 1.807) is 6.92 Å². The van der Waals surface area contributed by atoms with E-state index in [2.05, 4.69) is 0 Å². The van der Waals surface area contributed by atoms with E-state index in [4.69, 9.17) is 10.5 Å². The van der Waals surface area contributed by atoms with Crippen LogP contribution < -0.4 is 5.73 Å². The summed E-state index contributed by atoms with van der Waals surface area (Å²) < 4.78 is 31.2. The minimum absolute atomic E-state index is 0.111. The van der Waals surface area contributed by atoms with Gasteiger partial charge in [0.05, 0.1) is 11.3 Å². The minimum Gasteiger partial charge on any atom is -0.459 e. The summed E-state index contributed by atoms with van der Waals surface area (Å²) in [5, 5.41) is 0. The maximum absolute atomic E-state index is 13.3. The van der Waals surface area contributed by atoms with Crippen molar-refractivity contribution in [2.45, 2.75) is 26.9 Å². The molecule has 1 unspecified atom stereocenters. The molecule has 94 valence electrons. The zero-order chi connectivity index (χ0) is 13.2. The highest BCUT2D eigenvalue weighted by molar-refractivity contribution is 5.90. The minimum atomic E-state index is -0.974. The number of benzene rings is 1. The van der Waals surface area contributed by atoms with Gasteiger partial charge >= 0.3 is 5.97 Å². The third kappa shape index (κ3) is 3.15. The van der Waals surface area contributed by atoms with Crippen LogP contribution in [0.4, 0.5) is 14.5 Å². The number of nitrogen functional groups attached to an aromatic ring is 1. The van der Waals surface area contributed by atoms with Gasteiger partial charge < -0.3 is 10.5 Å². The molecule has 0 fully saturated rings. The van der Waals surface area contributed by atoms with Gasteiger partial charge in [0, 0.05) is 6.07 Å². The highest BCUT2D eigenvalue weighted by Gasteiger charge is 2.19. The monoisotopic (exact) mass is 243 g/mol. The summed E-state index contributed by atoms with van der Waals surface area (Å²) in [5.74, 6) is -2.59. The second kappa shape index (κ2) is 5.12. The lowest BCUT2D eigenvalue weighted by atomic mass is 10.1. The maximum Gasteiger partial charge on any atom is 0.341 e. The van der Waals surface area contributed by atoms with Crippen molar-refractivity contribution in [1.29, 1.82) is 0 Å². The zero-order valence-electron chi connectivity index (χ0n) is 9.96. The lowest BCUT2D eigenvalue weighted by molar-refractivity contribution is 0.0233. The summed E-state index contributed by atoms with van der Waals surface area (Å²) in [6.07, 6.45) is -0.354. The van der Waals surface area contributed by atoms with Gasteiger partial charge in [-0.3, -0.25) is 0 Å². The molecule has 0 radical (unpaired) electrons. The molecule has 2 N–H and O–H groups in total. The first-order valence-corrected chi connectivity index (χ1v) is 5.28. The van der Waals surface area contributed by atoms with Crippen LogP contribution in [0, 0.1) is 17.6 Å². The summed E-state index contributed by atoms with van der Waals surface area (Å²) in [6, 6.07) is 1.52. The van der Waals surface area contributed by atoms with Crippen LogP contribution in [0.1, 0.15) is 31.1 Å². The summed E-state index contributed by atoms with van der Waals surface area (Å²) in [4.78, 5) is 11.6. The smallest absolute Gasteiger partial charge is 0.341 e. The first-order valence-electron chi connectivity index (χ1n) is 5.28. The molecular formula is C12H15F2NO2. The van der Waals surface area contributed by atoms with E-state index in [9.17, 15) is 13.6 Å². The molecule has 1 atom stereocenters. The Morgan fingerprint density at radius 1 is 1.24 bits per heavy atom. The molecule has 0 aromatic heterocycles. The molecule has 0 saturated carbocycles. The Kier molecular flexibility index (Phi) is 4.04. The Morgan fingerprint density at radius 2 is 1.82 bits per heavy atom. The van der Waals surface area contributed by atoms with Crippen LogP contribution in [0.25, 0.3) is 0 Å². The molecule has 17 heavy (non-hydrogen) atoms. The van der Waals surface area contributed by atoms with E-state index in [1.165, 1.54) is 0 Å². The average molecular weight is 243 g/mol. The number of hydrogen-bond acceptors (Lipinski definition) is 3. The van der Waals surface area contributed by atoms with Crippen LogP contribution in [0.3, 0.4) is 0 Å². The molecule has 1 rings (SSSR count). The van der Waals surface area contributed by atoms with E-state index < -0.39 is 17.6 Å². The van der Waals surface area contributed by atoms with Gasteiger partial charge in [-0.15, -0.1) is 0 Å². The van der Waals surface area contributed by atoms with Gasteiger partial charge in [0.2, 0.25) is 0 Å². The third-order valence-electron chi connectivity index (χ3n) is 2.54. The largest absolute Gasteiger partial charge is 0.459 e. The molecular weight excluding hydrogens is 228 g/mol. The van der Waals surface area contributed by atoms with Gasteiger partial charge in [-0.1, -0.05) is 13.8 Å². The fourth-order valence-corrected chi connectivity index (χ4v) is 1.09. The van der Waals surface area contributed by atoms with E-state index in [0.717, 1.165) is 6.07 Å². The molecule has 0 aliphatic rings. The van der Waals surface area contributed by atoms with Crippen molar-refractivity contribution in [2.24, 2.45) is 5.92 Å². The molecule has 5 heteroatoms. The van der Waals surface area contributed by atoms with Crippen molar-refractivity contribution in [3.63, 3.8) is 0 Å². The van der Waals surface area contributed by atoms with E-state index in [1.807, 2.05) is 13.8 Å². The van der Waals surface area contributed by atoms with Crippen molar-refractivity contribution in [1.82, 2.24) is 0 Å². The molecule has 0 aliphatic heterocycles. The summed E-state index contributed by atoms with van der Waals surface area (Å²) in [5.41, 5.74) is 4.64. The number of ether oxygens (including phenoxy) is 1. The van der Waals surface area contributed by atoms with E-state index in [0.29, 0.717) is 6.07 Å². The fourth-order valence-electron chi connectivity index (χ4n) is 1.09. The Bertz CT molecular complexity index is 433. The number of hydrogen-bond donors (Lipinski definition) is 1. The number of carbonyl (C=O) groups is 1. The lowest BCUT2D eigenvalue weighted by Gasteiger charge is -2.16. The van der Waals surface area contributed by atoms with E-state index >= 15 is 0 Å². The Labute approximate surface area is 98.6 Å². The van der Waals surface area contributed by atoms with Crippen LogP contribution in [-0.2, 0) is 4.74 Å². The number of rotatable bonds is 3. The van der Waals surface area contributed by atoms with Crippen LogP contribution in [0.5, 0.6) is 0 Å². The molecule has 0 aliphatic carbocycles. The van der Waals surface area contributed by atoms with Crippen LogP contribution in [0.15, 0.2) is 12.1 Å². The number of anilines is 1. The fraction of sp³-hybridized carbons (Fsp3) is 0.417. The van der Waals surface area contributed by atoms with Gasteiger partial charge in [-0.05, 0) is 18.9 Å². The Balaban J connectivity index is 2.93. The second-order valence-electron chi connectivity index (χ2n) is 4.21. The quantitative estimate of drug-likeness (QED) is 0.656. The SMILES string of the molecule is CC(C)C(C)OC(=O)c1cc(N)c(F)cc1F. The van der Waals surface area contributed by atoms with Crippen LogP contribution in [-0.4, -0.2) is 12.1 Å². The van der Waals surface area contributed by atoms with Gasteiger partial charge in [0.15, 0.2) is 0 Å². The first-order chi connectivity index (χ1) is 7.82. The number of nitrogens with two attached hydrogens (primary N) is 1. The van der Waals surface area contributed by atoms with Crippen LogP contribution >= 0.6 is 0 Å². The van der Waals surface area contributed by atoms with Gasteiger partial charge in [-0.2, -0.15) is 0 Å². The summed E-state index contributed by atoms with van der Waals surface area (Å²) in [7, 11) is 0. The number of carbonyl (C=O) groups excluding carboxylic acids is 1. The number of halogens is 2. The van der Waals surface area contributed by atoms with E-state index in [-0.39, 0.29) is 23.3 Å². The highest BCUT2D eigenvalue weighted by atomic mass is 19.1. The van der Waals surface area contributed by atoms with Crippen molar-refractivity contribution in [3.05, 3.63) is 29.3 Å². The maximum atomic E-state index is 13.3. The van der Waals surface area contributed by atoms with Crippen molar-refractivity contribution < 1.29 is 18.3 Å². The Hall–Kier alpha value is -1.65. The third-order valence-corrected chi connectivity index (χ3v) is 2.54. The Morgan fingerprint density at radius 3 is 2.35 bits per heavy atom. The molecule has 1 aromatic carbocycles. The van der Waals surface area contributed by atoms with Crippen molar-refractivity contribution >= 4 is 11.7 Å². The second-order valence-corrected chi connectivity index (χ2v) is 4.21. The molecule has 0 saturated heterocycles. The molecule has 0 spiro atoms. The molecule has 0 amide bonds. The molecule has 0 bridgehead atoms. The van der Waals surface area contributed by atoms with Gasteiger partial charge in [0.25, 0.3) is 0 Å². The van der Waals surface area contributed by atoms with Crippen molar-refractivity contribution in [2.75, 3.05) is 5.73 Å². The van der Waals surface area contributed by atoms with Gasteiger partial charge in [-0.25, -0.2) is 13.6 Å². The predicted molar refractivity (Wildman–Crippen MR) is 60.5 cm³/mol. The standard InChI is InChI=1S/C12H15F2NO2/c1-6(2)7(3)17-12(16)8-4-11(15)10(14)5-9(8)13/h4-7H,15H2,1-3H3. The topological polar surface area (TPSA) is 52.3 Å². The first kappa shape index (κ1) is 13.4. The molecule has 1 aromatic rings. The summed E-state index contributed by atoms with van der Waals surface area (Å²) in [6.45, 7) is 5.44. The lowest BCUT2D eigenvalue weighted by Crippen LogP contribution is -2.21. The van der Waals surface area contributed by atoms with Crippen LogP contribution in [0.2, 0.25) is 0 Å². The molecule has 3 nitrogen and oxygen atoms in total. The highest BCUT2D eigenvalue weighted by Crippen LogP contribution is 2.18. The predicted octanol–water partition coefficient (Wildman–Crippen LogP) is 2.75. The molecule has 0 heterocycles. The van der Waals surface area contributed by atoms with Gasteiger partial charge in [0.1, 0.15) is 17.7 Å². The average Bonchev–Trinajstić information content (AvgIpc) is 2.22. The van der Waals surface area contributed by atoms with Crippen molar-refractivity contribution in [3.8, 4) is 0 Å². The summed E-state index contributed by atoms with van der Waals surface area (Å²) >= 11 is 0. The number of esters is 1. The zero-order valence-corrected chi connectivity index (χ0v) is 9.96.